The second kappa shape index (κ2) is 9.00. The molecule has 4 rings (SSSR count). The zero-order chi connectivity index (χ0) is 23.4. The molecule has 0 unspecified atom stereocenters. The van der Waals surface area contributed by atoms with Crippen molar-refractivity contribution in [2.45, 2.75) is 118 Å². The molecular formula is C29H50O3. The normalized spacial score (nSPS) is 47.9. The van der Waals surface area contributed by atoms with Crippen molar-refractivity contribution in [2.24, 2.45) is 52.3 Å². The van der Waals surface area contributed by atoms with Crippen LogP contribution >= 0.6 is 0 Å². The Bertz CT molecular complexity index is 701. The van der Waals surface area contributed by atoms with Gasteiger partial charge in [-0.2, -0.15) is 0 Å². The summed E-state index contributed by atoms with van der Waals surface area (Å²) in [5, 5.41) is 33.0. The molecule has 0 aromatic rings. The molecule has 0 saturated heterocycles. The number of rotatable bonds is 6. The molecule has 0 amide bonds. The van der Waals surface area contributed by atoms with E-state index in [0.717, 1.165) is 43.9 Å². The van der Waals surface area contributed by atoms with E-state index in [1.54, 1.807) is 0 Å². The van der Waals surface area contributed by atoms with Crippen molar-refractivity contribution < 1.29 is 15.3 Å². The monoisotopic (exact) mass is 446 g/mol. The molecule has 32 heavy (non-hydrogen) atoms. The summed E-state index contributed by atoms with van der Waals surface area (Å²) in [5.74, 6) is 3.51. The number of hydrogen-bond acceptors (Lipinski definition) is 3. The molecule has 3 heteroatoms. The van der Waals surface area contributed by atoms with Gasteiger partial charge in [0.05, 0.1) is 18.3 Å². The highest BCUT2D eigenvalue weighted by Gasteiger charge is 2.63. The van der Waals surface area contributed by atoms with E-state index < -0.39 is 6.10 Å². The van der Waals surface area contributed by atoms with Crippen LogP contribution in [0.1, 0.15) is 99.3 Å². The molecule has 0 radical (unpaired) electrons. The van der Waals surface area contributed by atoms with Crippen LogP contribution < -0.4 is 0 Å². The van der Waals surface area contributed by atoms with Gasteiger partial charge in [-0.05, 0) is 97.2 Å². The van der Waals surface area contributed by atoms with E-state index in [0.29, 0.717) is 23.7 Å². The molecular weight excluding hydrogens is 396 g/mol. The second-order valence-electron chi connectivity index (χ2n) is 13.1. The van der Waals surface area contributed by atoms with Gasteiger partial charge in [0.15, 0.2) is 0 Å². The maximum absolute atomic E-state index is 11.4. The van der Waals surface area contributed by atoms with E-state index in [-0.39, 0.29) is 29.0 Å². The molecule has 11 atom stereocenters. The van der Waals surface area contributed by atoms with Crippen LogP contribution in [0.5, 0.6) is 0 Å². The molecule has 3 N–H and O–H groups in total. The van der Waals surface area contributed by atoms with Crippen LogP contribution in [0.4, 0.5) is 0 Å². The Hall–Kier alpha value is -0.380. The van der Waals surface area contributed by atoms with Gasteiger partial charge < -0.3 is 15.3 Å². The fourth-order valence-corrected chi connectivity index (χ4v) is 9.38. The molecule has 3 nitrogen and oxygen atoms in total. The van der Waals surface area contributed by atoms with Gasteiger partial charge in [-0.3, -0.25) is 0 Å². The summed E-state index contributed by atoms with van der Waals surface area (Å²) in [5.41, 5.74) is 1.54. The van der Waals surface area contributed by atoms with Gasteiger partial charge in [0, 0.05) is 0 Å². The summed E-state index contributed by atoms with van der Waals surface area (Å²) >= 11 is 0. The Kier molecular flexibility index (Phi) is 6.96. The standard InChI is InChI=1S/C29H50O3/c1-7-19(17(2)3)9-8-18(4)27-25(32)16-23-26-22(11-13-29(23,27)6)28(5)12-10-21(30)14-20(28)15-24(26)31/h15,17-19,21-27,30-32H,7-14,16H2,1-6H3/t18-,19-,21+,22+,23+,24+,25-,26-,27+,28+,29+/m1/s1. The summed E-state index contributed by atoms with van der Waals surface area (Å²) in [6.45, 7) is 14.2. The van der Waals surface area contributed by atoms with Crippen molar-refractivity contribution in [3.8, 4) is 0 Å². The lowest BCUT2D eigenvalue weighted by atomic mass is 9.46. The number of aliphatic hydroxyl groups excluding tert-OH is 3. The van der Waals surface area contributed by atoms with Crippen LogP contribution in [-0.2, 0) is 0 Å². The van der Waals surface area contributed by atoms with Crippen LogP contribution in [0.25, 0.3) is 0 Å². The van der Waals surface area contributed by atoms with E-state index in [2.05, 4.69) is 47.6 Å². The Morgan fingerprint density at radius 2 is 1.72 bits per heavy atom. The van der Waals surface area contributed by atoms with Crippen molar-refractivity contribution in [3.05, 3.63) is 11.6 Å². The van der Waals surface area contributed by atoms with Crippen LogP contribution in [0.3, 0.4) is 0 Å². The number of fused-ring (bicyclic) bond motifs is 5. The summed E-state index contributed by atoms with van der Waals surface area (Å²) < 4.78 is 0. The van der Waals surface area contributed by atoms with Crippen LogP contribution in [-0.4, -0.2) is 33.6 Å². The molecule has 184 valence electrons. The maximum Gasteiger partial charge on any atom is 0.0757 e. The molecule has 0 aromatic carbocycles. The molecule has 0 aliphatic heterocycles. The average molecular weight is 447 g/mol. The minimum absolute atomic E-state index is 0.116. The molecule has 3 saturated carbocycles. The van der Waals surface area contributed by atoms with Gasteiger partial charge in [0.2, 0.25) is 0 Å². The molecule has 0 heterocycles. The van der Waals surface area contributed by atoms with Gasteiger partial charge in [0.25, 0.3) is 0 Å². The first kappa shape index (κ1) is 24.7. The Balaban J connectivity index is 1.56. The predicted molar refractivity (Wildman–Crippen MR) is 131 cm³/mol. The summed E-state index contributed by atoms with van der Waals surface area (Å²) in [6, 6.07) is 0. The Labute approximate surface area is 197 Å². The molecule has 0 aromatic heterocycles. The molecule has 3 fully saturated rings. The zero-order valence-electron chi connectivity index (χ0n) is 21.6. The zero-order valence-corrected chi connectivity index (χ0v) is 21.6. The predicted octanol–water partition coefficient (Wildman–Crippen LogP) is 5.97. The van der Waals surface area contributed by atoms with E-state index in [1.165, 1.54) is 31.3 Å². The highest BCUT2D eigenvalue weighted by atomic mass is 16.3. The minimum Gasteiger partial charge on any atom is -0.393 e. The summed E-state index contributed by atoms with van der Waals surface area (Å²) in [6.07, 6.45) is 10.7. The topological polar surface area (TPSA) is 60.7 Å². The first-order chi connectivity index (χ1) is 15.0. The Morgan fingerprint density at radius 1 is 1.00 bits per heavy atom. The largest absolute Gasteiger partial charge is 0.393 e. The van der Waals surface area contributed by atoms with Crippen molar-refractivity contribution in [1.82, 2.24) is 0 Å². The van der Waals surface area contributed by atoms with Crippen LogP contribution in [0.15, 0.2) is 11.6 Å². The van der Waals surface area contributed by atoms with E-state index in [9.17, 15) is 15.3 Å². The quantitative estimate of drug-likeness (QED) is 0.441. The van der Waals surface area contributed by atoms with Crippen molar-refractivity contribution >= 4 is 0 Å². The van der Waals surface area contributed by atoms with Gasteiger partial charge in [-0.1, -0.05) is 66.0 Å². The molecule has 0 spiro atoms. The smallest absolute Gasteiger partial charge is 0.0757 e. The van der Waals surface area contributed by atoms with Gasteiger partial charge >= 0.3 is 0 Å². The van der Waals surface area contributed by atoms with Crippen molar-refractivity contribution in [2.75, 3.05) is 0 Å². The first-order valence-corrected chi connectivity index (χ1v) is 13.8. The fourth-order valence-electron chi connectivity index (χ4n) is 9.38. The average Bonchev–Trinajstić information content (AvgIpc) is 2.99. The third-order valence-corrected chi connectivity index (χ3v) is 11.3. The highest BCUT2D eigenvalue weighted by Crippen LogP contribution is 2.67. The summed E-state index contributed by atoms with van der Waals surface area (Å²) in [4.78, 5) is 0. The fraction of sp³-hybridized carbons (Fsp3) is 0.931. The van der Waals surface area contributed by atoms with Crippen molar-refractivity contribution in [3.63, 3.8) is 0 Å². The third-order valence-electron chi connectivity index (χ3n) is 11.3. The molecule has 0 bridgehead atoms. The van der Waals surface area contributed by atoms with Gasteiger partial charge in [-0.25, -0.2) is 0 Å². The van der Waals surface area contributed by atoms with E-state index >= 15 is 0 Å². The lowest BCUT2D eigenvalue weighted by Gasteiger charge is -2.59. The molecule has 4 aliphatic carbocycles. The van der Waals surface area contributed by atoms with E-state index in [1.807, 2.05) is 0 Å². The second-order valence-corrected chi connectivity index (χ2v) is 13.1. The lowest BCUT2D eigenvalue weighted by Crippen LogP contribution is -2.55. The maximum atomic E-state index is 11.4. The first-order valence-electron chi connectivity index (χ1n) is 13.8. The highest BCUT2D eigenvalue weighted by molar-refractivity contribution is 5.28. The summed E-state index contributed by atoms with van der Waals surface area (Å²) in [7, 11) is 0. The third kappa shape index (κ3) is 3.93. The number of aliphatic hydroxyl groups is 3. The minimum atomic E-state index is -0.426. The lowest BCUT2D eigenvalue weighted by molar-refractivity contribution is -0.0989. The van der Waals surface area contributed by atoms with Crippen molar-refractivity contribution in [1.29, 1.82) is 0 Å². The SMILES string of the molecule is CC[C@H](CC[C@@H](C)[C@H]1[C@H](O)C[C@H]2[C@@H]3[C@@H](O)C=C4C[C@@H](O)CC[C@]4(C)[C@H]3CC[C@]12C)C(C)C. The Morgan fingerprint density at radius 3 is 2.38 bits per heavy atom. The van der Waals surface area contributed by atoms with Crippen LogP contribution in [0, 0.1) is 52.3 Å². The van der Waals surface area contributed by atoms with Crippen LogP contribution in [0.2, 0.25) is 0 Å². The molecule has 4 aliphatic rings. The van der Waals surface area contributed by atoms with E-state index in [4.69, 9.17) is 0 Å². The number of hydrogen-bond donors (Lipinski definition) is 3. The van der Waals surface area contributed by atoms with Gasteiger partial charge in [-0.15, -0.1) is 0 Å². The van der Waals surface area contributed by atoms with Gasteiger partial charge in [0.1, 0.15) is 0 Å².